The van der Waals surface area contributed by atoms with Gasteiger partial charge in [-0.3, -0.25) is 4.79 Å². The van der Waals surface area contributed by atoms with E-state index in [1.54, 1.807) is 13.8 Å². The van der Waals surface area contributed by atoms with E-state index in [0.717, 1.165) is 11.1 Å². The summed E-state index contributed by atoms with van der Waals surface area (Å²) in [6.45, 7) is 7.92. The van der Waals surface area contributed by atoms with Crippen molar-refractivity contribution in [1.82, 2.24) is 0 Å². The maximum atomic E-state index is 12.0. The number of rotatable bonds is 5. The molecule has 4 nitrogen and oxygen atoms in total. The van der Waals surface area contributed by atoms with Crippen LogP contribution in [-0.2, 0) is 20.7 Å². The smallest absolute Gasteiger partial charge is 0.338 e. The molecule has 104 valence electrons. The molecule has 0 spiro atoms. The first-order chi connectivity index (χ1) is 8.99. The van der Waals surface area contributed by atoms with Crippen molar-refractivity contribution in [1.29, 1.82) is 0 Å². The van der Waals surface area contributed by atoms with Crippen LogP contribution in [0.2, 0.25) is 0 Å². The lowest BCUT2D eigenvalue weighted by atomic mass is 9.97. The molecule has 1 aromatic rings. The highest BCUT2D eigenvalue weighted by Crippen LogP contribution is 2.19. The topological polar surface area (TPSA) is 52.6 Å². The third-order valence-corrected chi connectivity index (χ3v) is 2.68. The fourth-order valence-electron chi connectivity index (χ4n) is 2.06. The molecule has 0 N–H and O–H groups in total. The van der Waals surface area contributed by atoms with Crippen molar-refractivity contribution in [2.75, 3.05) is 13.2 Å². The predicted octanol–water partition coefficient (Wildman–Crippen LogP) is 2.59. The summed E-state index contributed by atoms with van der Waals surface area (Å²) in [5.41, 5.74) is 2.96. The average molecular weight is 264 g/mol. The van der Waals surface area contributed by atoms with Crippen LogP contribution in [-0.4, -0.2) is 25.2 Å². The van der Waals surface area contributed by atoms with E-state index in [9.17, 15) is 9.59 Å². The van der Waals surface area contributed by atoms with Crippen molar-refractivity contribution in [2.45, 2.75) is 34.1 Å². The van der Waals surface area contributed by atoms with E-state index in [4.69, 9.17) is 9.47 Å². The van der Waals surface area contributed by atoms with Crippen LogP contribution >= 0.6 is 0 Å². The minimum absolute atomic E-state index is 0.0878. The molecule has 0 aliphatic rings. The number of carbonyl (C=O) groups is 2. The van der Waals surface area contributed by atoms with Gasteiger partial charge in [0.05, 0.1) is 25.2 Å². The second-order valence-corrected chi connectivity index (χ2v) is 4.32. The van der Waals surface area contributed by atoms with Crippen LogP contribution in [0.25, 0.3) is 0 Å². The van der Waals surface area contributed by atoms with Crippen molar-refractivity contribution in [3.8, 4) is 0 Å². The van der Waals surface area contributed by atoms with Gasteiger partial charge >= 0.3 is 11.9 Å². The lowest BCUT2D eigenvalue weighted by molar-refractivity contribution is -0.142. The van der Waals surface area contributed by atoms with Gasteiger partial charge in [0, 0.05) is 0 Å². The van der Waals surface area contributed by atoms with Gasteiger partial charge in [-0.1, -0.05) is 17.7 Å². The molecule has 0 aliphatic carbocycles. The molecular formula is C15H20O4. The zero-order valence-electron chi connectivity index (χ0n) is 11.9. The molecular weight excluding hydrogens is 244 g/mol. The van der Waals surface area contributed by atoms with E-state index in [1.165, 1.54) is 0 Å². The highest BCUT2D eigenvalue weighted by molar-refractivity contribution is 5.94. The van der Waals surface area contributed by atoms with Crippen LogP contribution < -0.4 is 0 Å². The van der Waals surface area contributed by atoms with Crippen molar-refractivity contribution in [3.05, 3.63) is 34.4 Å². The van der Waals surface area contributed by atoms with Crippen LogP contribution in [0.4, 0.5) is 0 Å². The first kappa shape index (κ1) is 15.2. The van der Waals surface area contributed by atoms with E-state index < -0.39 is 0 Å². The van der Waals surface area contributed by atoms with Gasteiger partial charge in [0.1, 0.15) is 0 Å². The molecule has 0 aliphatic heterocycles. The molecule has 4 heteroatoms. The van der Waals surface area contributed by atoms with Crippen molar-refractivity contribution in [3.63, 3.8) is 0 Å². The van der Waals surface area contributed by atoms with E-state index >= 15 is 0 Å². The Morgan fingerprint density at radius 3 is 2.26 bits per heavy atom. The average Bonchev–Trinajstić information content (AvgIpc) is 2.28. The van der Waals surface area contributed by atoms with E-state index in [1.807, 2.05) is 26.0 Å². The molecule has 1 rings (SSSR count). The summed E-state index contributed by atoms with van der Waals surface area (Å²) in [5, 5.41) is 0. The number of hydrogen-bond donors (Lipinski definition) is 0. The minimum Gasteiger partial charge on any atom is -0.466 e. The quantitative estimate of drug-likeness (QED) is 0.767. The maximum absolute atomic E-state index is 12.0. The molecule has 0 saturated heterocycles. The summed E-state index contributed by atoms with van der Waals surface area (Å²) in [6, 6.07) is 3.73. The van der Waals surface area contributed by atoms with Crippen LogP contribution in [0, 0.1) is 13.8 Å². The Morgan fingerprint density at radius 2 is 1.68 bits per heavy atom. The van der Waals surface area contributed by atoms with Crippen LogP contribution in [0.5, 0.6) is 0 Å². The van der Waals surface area contributed by atoms with Crippen LogP contribution in [0.1, 0.15) is 40.9 Å². The molecule has 1 aromatic carbocycles. The Bertz CT molecular complexity index is 477. The molecule has 0 heterocycles. The second kappa shape index (κ2) is 6.92. The monoisotopic (exact) mass is 264 g/mol. The fraction of sp³-hybridized carbons (Fsp3) is 0.467. The number of ether oxygens (including phenoxy) is 2. The minimum atomic E-state index is -0.390. The molecule has 0 aromatic heterocycles. The SMILES string of the molecule is CCOC(=O)Cc1cc(C)cc(C)c1C(=O)OCC. The standard InChI is InChI=1S/C15H20O4/c1-5-18-13(16)9-12-8-10(3)7-11(4)14(12)15(17)19-6-2/h7-8H,5-6,9H2,1-4H3. The zero-order valence-corrected chi connectivity index (χ0v) is 11.9. The van der Waals surface area contributed by atoms with Gasteiger partial charge in [0.2, 0.25) is 0 Å². The van der Waals surface area contributed by atoms with Gasteiger partial charge in [-0.15, -0.1) is 0 Å². The molecule has 0 amide bonds. The van der Waals surface area contributed by atoms with Gasteiger partial charge in [-0.25, -0.2) is 4.79 Å². The van der Waals surface area contributed by atoms with Gasteiger partial charge in [-0.05, 0) is 38.8 Å². The largest absolute Gasteiger partial charge is 0.466 e. The van der Waals surface area contributed by atoms with E-state index in [-0.39, 0.29) is 18.4 Å². The predicted molar refractivity (Wildman–Crippen MR) is 72.2 cm³/mol. The molecule has 0 bridgehead atoms. The Morgan fingerprint density at radius 1 is 1.05 bits per heavy atom. The van der Waals surface area contributed by atoms with E-state index in [0.29, 0.717) is 24.3 Å². The van der Waals surface area contributed by atoms with Crippen molar-refractivity contribution < 1.29 is 19.1 Å². The molecule has 0 radical (unpaired) electrons. The normalized spacial score (nSPS) is 10.1. The zero-order chi connectivity index (χ0) is 14.4. The fourth-order valence-corrected chi connectivity index (χ4v) is 2.06. The summed E-state index contributed by atoms with van der Waals surface area (Å²) in [5.74, 6) is -0.725. The lowest BCUT2D eigenvalue weighted by Gasteiger charge is -2.12. The van der Waals surface area contributed by atoms with Gasteiger partial charge in [0.15, 0.2) is 0 Å². The molecule has 0 fully saturated rings. The third kappa shape index (κ3) is 4.09. The molecule has 0 atom stereocenters. The van der Waals surface area contributed by atoms with Gasteiger partial charge in [0.25, 0.3) is 0 Å². The number of benzene rings is 1. The molecule has 0 saturated carbocycles. The summed E-state index contributed by atoms with van der Waals surface area (Å²) >= 11 is 0. The highest BCUT2D eigenvalue weighted by atomic mass is 16.5. The first-order valence-corrected chi connectivity index (χ1v) is 6.42. The van der Waals surface area contributed by atoms with Crippen LogP contribution in [0.15, 0.2) is 12.1 Å². The lowest BCUT2D eigenvalue weighted by Crippen LogP contribution is -2.15. The maximum Gasteiger partial charge on any atom is 0.338 e. The Hall–Kier alpha value is -1.84. The molecule has 0 unspecified atom stereocenters. The number of esters is 2. The summed E-state index contributed by atoms with van der Waals surface area (Å²) < 4.78 is 9.97. The Kier molecular flexibility index (Phi) is 5.55. The van der Waals surface area contributed by atoms with Crippen molar-refractivity contribution in [2.24, 2.45) is 0 Å². The highest BCUT2D eigenvalue weighted by Gasteiger charge is 2.18. The number of hydrogen-bond acceptors (Lipinski definition) is 4. The van der Waals surface area contributed by atoms with Gasteiger partial charge in [-0.2, -0.15) is 0 Å². The Labute approximate surface area is 113 Å². The van der Waals surface area contributed by atoms with Gasteiger partial charge < -0.3 is 9.47 Å². The summed E-state index contributed by atoms with van der Waals surface area (Å²) in [4.78, 5) is 23.6. The first-order valence-electron chi connectivity index (χ1n) is 6.42. The summed E-state index contributed by atoms with van der Waals surface area (Å²) in [6.07, 6.45) is 0.0878. The number of carbonyl (C=O) groups excluding carboxylic acids is 2. The summed E-state index contributed by atoms with van der Waals surface area (Å²) in [7, 11) is 0. The molecule has 19 heavy (non-hydrogen) atoms. The Balaban J connectivity index is 3.13. The second-order valence-electron chi connectivity index (χ2n) is 4.32. The van der Waals surface area contributed by atoms with Crippen molar-refractivity contribution >= 4 is 11.9 Å². The number of aryl methyl sites for hydroxylation is 2. The van der Waals surface area contributed by atoms with Crippen LogP contribution in [0.3, 0.4) is 0 Å². The third-order valence-electron chi connectivity index (χ3n) is 2.68. The van der Waals surface area contributed by atoms with E-state index in [2.05, 4.69) is 0 Å².